The number of aliphatic hydroxyl groups is 1. The number of benzene rings is 1. The second kappa shape index (κ2) is 4.31. The summed E-state index contributed by atoms with van der Waals surface area (Å²) in [6.45, 7) is 5.58. The molecule has 0 bridgehead atoms. The third-order valence-electron chi connectivity index (χ3n) is 5.47. The van der Waals surface area contributed by atoms with Crippen LogP contribution in [-0.2, 0) is 15.1 Å². The summed E-state index contributed by atoms with van der Waals surface area (Å²) < 4.78 is 12.4. The first kappa shape index (κ1) is 13.7. The van der Waals surface area contributed by atoms with Gasteiger partial charge in [0.15, 0.2) is 5.60 Å². The number of fused-ring (bicyclic) bond motifs is 5. The second-order valence-corrected chi connectivity index (χ2v) is 7.65. The van der Waals surface area contributed by atoms with Crippen LogP contribution in [0.5, 0.6) is 0 Å². The van der Waals surface area contributed by atoms with E-state index in [4.69, 9.17) is 9.47 Å². The van der Waals surface area contributed by atoms with E-state index in [1.165, 1.54) is 5.56 Å². The zero-order valence-corrected chi connectivity index (χ0v) is 12.9. The Balaban J connectivity index is 1.78. The fraction of sp³-hybridized carbons (Fsp3) is 0.667. The molecule has 1 aliphatic heterocycles. The minimum atomic E-state index is -0.976. The molecule has 1 saturated heterocycles. The number of ether oxygens (including phenoxy) is 2. The van der Waals surface area contributed by atoms with Crippen LogP contribution in [0, 0.1) is 5.41 Å². The van der Waals surface area contributed by atoms with Crippen molar-refractivity contribution in [3.63, 3.8) is 0 Å². The number of hydrogen-bond acceptors (Lipinski definition) is 3. The van der Waals surface area contributed by atoms with E-state index in [0.717, 1.165) is 31.2 Å². The van der Waals surface area contributed by atoms with Crippen molar-refractivity contribution in [2.24, 2.45) is 5.41 Å². The molecule has 1 aromatic rings. The predicted molar refractivity (Wildman–Crippen MR) is 80.0 cm³/mol. The average Bonchev–Trinajstić information content (AvgIpc) is 2.59. The molecule has 0 unspecified atom stereocenters. The molecule has 3 aliphatic rings. The van der Waals surface area contributed by atoms with Crippen molar-refractivity contribution in [1.29, 1.82) is 0 Å². The Hall–Kier alpha value is -0.900. The highest BCUT2D eigenvalue weighted by Gasteiger charge is 2.66. The highest BCUT2D eigenvalue weighted by molar-refractivity contribution is 5.50. The molecule has 0 amide bonds. The molecule has 1 aromatic carbocycles. The molecule has 1 N–H and O–H groups in total. The van der Waals surface area contributed by atoms with E-state index in [1.807, 2.05) is 12.1 Å². The molecule has 3 heteroatoms. The number of hydrogen-bond donors (Lipinski definition) is 1. The fourth-order valence-corrected chi connectivity index (χ4v) is 4.29. The van der Waals surface area contributed by atoms with Gasteiger partial charge >= 0.3 is 0 Å². The molecule has 2 fully saturated rings. The Bertz CT molecular complexity index is 555. The molecule has 0 aromatic heterocycles. The van der Waals surface area contributed by atoms with E-state index in [0.29, 0.717) is 13.2 Å². The van der Waals surface area contributed by atoms with Crippen LogP contribution in [0.3, 0.4) is 0 Å². The number of rotatable bonds is 0. The van der Waals surface area contributed by atoms with Gasteiger partial charge in [-0.05, 0) is 24.0 Å². The average molecular weight is 288 g/mol. The summed E-state index contributed by atoms with van der Waals surface area (Å²) in [6.07, 6.45) is 3.97. The highest BCUT2D eigenvalue weighted by atomic mass is 16.7. The van der Waals surface area contributed by atoms with E-state index in [2.05, 4.69) is 26.0 Å². The second-order valence-electron chi connectivity index (χ2n) is 7.65. The van der Waals surface area contributed by atoms with Gasteiger partial charge in [0.2, 0.25) is 5.79 Å². The minimum Gasteiger partial charge on any atom is -0.379 e. The van der Waals surface area contributed by atoms with Gasteiger partial charge in [-0.15, -0.1) is 0 Å². The maximum Gasteiger partial charge on any atom is 0.202 e. The molecule has 3 nitrogen and oxygen atoms in total. The Labute approximate surface area is 126 Å². The van der Waals surface area contributed by atoms with E-state index in [1.54, 1.807) is 0 Å². The molecular weight excluding hydrogens is 264 g/mol. The molecular formula is C18H24O3. The zero-order chi connectivity index (χ0) is 14.7. The molecule has 21 heavy (non-hydrogen) atoms. The molecule has 4 rings (SSSR count). The van der Waals surface area contributed by atoms with Crippen molar-refractivity contribution in [3.8, 4) is 0 Å². The van der Waals surface area contributed by atoms with Crippen molar-refractivity contribution < 1.29 is 14.6 Å². The lowest BCUT2D eigenvalue weighted by molar-refractivity contribution is -0.380. The summed E-state index contributed by atoms with van der Waals surface area (Å²) in [5, 5.41) is 11.6. The van der Waals surface area contributed by atoms with Crippen molar-refractivity contribution >= 4 is 0 Å². The van der Waals surface area contributed by atoms with Crippen LogP contribution in [0.4, 0.5) is 0 Å². The first-order valence-corrected chi connectivity index (χ1v) is 8.08. The third-order valence-corrected chi connectivity index (χ3v) is 5.47. The molecule has 1 saturated carbocycles. The lowest BCUT2D eigenvalue weighted by Crippen LogP contribution is -2.65. The van der Waals surface area contributed by atoms with E-state index >= 15 is 0 Å². The van der Waals surface area contributed by atoms with Crippen LogP contribution in [0.25, 0.3) is 0 Å². The van der Waals surface area contributed by atoms with Crippen LogP contribution in [0.1, 0.15) is 56.6 Å². The van der Waals surface area contributed by atoms with Gasteiger partial charge in [0.1, 0.15) is 0 Å². The maximum atomic E-state index is 11.6. The lowest BCUT2D eigenvalue weighted by atomic mass is 9.59. The van der Waals surface area contributed by atoms with Crippen LogP contribution in [-0.4, -0.2) is 24.1 Å². The van der Waals surface area contributed by atoms with Crippen molar-refractivity contribution in [2.45, 2.75) is 56.8 Å². The first-order chi connectivity index (χ1) is 9.99. The summed E-state index contributed by atoms with van der Waals surface area (Å²) in [7, 11) is 0. The summed E-state index contributed by atoms with van der Waals surface area (Å²) in [5.74, 6) is -0.699. The lowest BCUT2D eigenvalue weighted by Gasteiger charge is -2.58. The predicted octanol–water partition coefficient (Wildman–Crippen LogP) is 3.31. The van der Waals surface area contributed by atoms with Gasteiger partial charge in [0.05, 0.1) is 13.2 Å². The normalized spacial score (nSPS) is 36.2. The van der Waals surface area contributed by atoms with E-state index in [-0.39, 0.29) is 11.3 Å². The first-order valence-electron chi connectivity index (χ1n) is 8.08. The molecule has 1 spiro atoms. The minimum absolute atomic E-state index is 0.0205. The SMILES string of the molecule is CC1(C)COC2(CCCC[C@@H]3c4ccccc4[C@@]32O)OC1. The Morgan fingerprint density at radius 2 is 1.81 bits per heavy atom. The van der Waals surface area contributed by atoms with Gasteiger partial charge in [0, 0.05) is 17.8 Å². The van der Waals surface area contributed by atoms with E-state index < -0.39 is 11.4 Å². The monoisotopic (exact) mass is 288 g/mol. The maximum absolute atomic E-state index is 11.6. The van der Waals surface area contributed by atoms with Gasteiger partial charge in [0.25, 0.3) is 0 Å². The molecule has 0 radical (unpaired) electrons. The van der Waals surface area contributed by atoms with Crippen LogP contribution < -0.4 is 0 Å². The Kier molecular flexibility index (Phi) is 2.82. The van der Waals surface area contributed by atoms with Crippen molar-refractivity contribution in [2.75, 3.05) is 13.2 Å². The van der Waals surface area contributed by atoms with Gasteiger partial charge in [-0.1, -0.05) is 44.5 Å². The standard InChI is InChI=1S/C18H24O3/c1-16(2)11-20-17(21-12-16)10-6-5-9-15-13-7-3-4-8-14(13)18(15,17)19/h3-4,7-8,15,19H,5-6,9-12H2,1-2H3/t15-,18-/m1/s1. The molecule has 2 aliphatic carbocycles. The highest BCUT2D eigenvalue weighted by Crippen LogP contribution is 2.62. The molecule has 2 atom stereocenters. The summed E-state index contributed by atoms with van der Waals surface area (Å²) in [4.78, 5) is 0. The van der Waals surface area contributed by atoms with Crippen molar-refractivity contribution in [3.05, 3.63) is 35.4 Å². The van der Waals surface area contributed by atoms with Gasteiger partial charge in [-0.25, -0.2) is 0 Å². The molecule has 114 valence electrons. The van der Waals surface area contributed by atoms with Crippen LogP contribution in [0.15, 0.2) is 24.3 Å². The summed E-state index contributed by atoms with van der Waals surface area (Å²) in [6, 6.07) is 8.23. The summed E-state index contributed by atoms with van der Waals surface area (Å²) >= 11 is 0. The van der Waals surface area contributed by atoms with Gasteiger partial charge in [-0.3, -0.25) is 0 Å². The van der Waals surface area contributed by atoms with Crippen LogP contribution >= 0.6 is 0 Å². The quantitative estimate of drug-likeness (QED) is 0.796. The Morgan fingerprint density at radius 3 is 2.57 bits per heavy atom. The topological polar surface area (TPSA) is 38.7 Å². The molecule has 1 heterocycles. The summed E-state index contributed by atoms with van der Waals surface area (Å²) in [5.41, 5.74) is 1.33. The smallest absolute Gasteiger partial charge is 0.202 e. The van der Waals surface area contributed by atoms with Crippen molar-refractivity contribution in [1.82, 2.24) is 0 Å². The fourth-order valence-electron chi connectivity index (χ4n) is 4.29. The van der Waals surface area contributed by atoms with E-state index in [9.17, 15) is 5.11 Å². The third kappa shape index (κ3) is 1.71. The zero-order valence-electron chi connectivity index (χ0n) is 12.9. The largest absolute Gasteiger partial charge is 0.379 e. The Morgan fingerprint density at radius 1 is 1.10 bits per heavy atom. The van der Waals surface area contributed by atoms with Gasteiger partial charge in [-0.2, -0.15) is 0 Å². The van der Waals surface area contributed by atoms with Gasteiger partial charge < -0.3 is 14.6 Å². The van der Waals surface area contributed by atoms with Crippen LogP contribution in [0.2, 0.25) is 0 Å².